The van der Waals surface area contributed by atoms with Crippen molar-refractivity contribution in [2.24, 2.45) is 0 Å². The summed E-state index contributed by atoms with van der Waals surface area (Å²) in [6.45, 7) is 2.60. The van der Waals surface area contributed by atoms with Gasteiger partial charge in [0.05, 0.1) is 6.61 Å². The van der Waals surface area contributed by atoms with Crippen molar-refractivity contribution in [3.05, 3.63) is 30.2 Å². The normalized spacial score (nSPS) is 10.4. The summed E-state index contributed by atoms with van der Waals surface area (Å²) in [7, 11) is 0. The molecule has 0 radical (unpaired) electrons. The molecule has 1 heterocycles. The average Bonchev–Trinajstić information content (AvgIpc) is 2.79. The summed E-state index contributed by atoms with van der Waals surface area (Å²) < 4.78 is 10.3. The molecule has 1 aromatic carbocycles. The highest BCUT2D eigenvalue weighted by molar-refractivity contribution is 6.16. The number of hydrogen-bond donors (Lipinski definition) is 0. The Labute approximate surface area is 98.2 Å². The Kier molecular flexibility index (Phi) is 3.41. The van der Waals surface area contributed by atoms with E-state index >= 15 is 0 Å². The van der Waals surface area contributed by atoms with E-state index in [9.17, 15) is 0 Å². The molecule has 0 unspecified atom stereocenters. The Hall–Kier alpha value is -1.55. The molecule has 0 saturated heterocycles. The molecule has 0 bridgehead atoms. The summed E-state index contributed by atoms with van der Waals surface area (Å²) in [5.74, 6) is 2.01. The molecule has 0 amide bonds. The molecule has 0 N–H and O–H groups in total. The lowest BCUT2D eigenvalue weighted by Crippen LogP contribution is -1.90. The highest BCUT2D eigenvalue weighted by atomic mass is 35.5. The fourth-order valence-electron chi connectivity index (χ4n) is 1.29. The van der Waals surface area contributed by atoms with Crippen LogP contribution in [0.4, 0.5) is 0 Å². The largest absolute Gasteiger partial charge is 0.494 e. The van der Waals surface area contributed by atoms with E-state index in [0.29, 0.717) is 18.3 Å². The van der Waals surface area contributed by atoms with Gasteiger partial charge >= 0.3 is 0 Å². The summed E-state index contributed by atoms with van der Waals surface area (Å²) in [6, 6.07) is 7.51. The van der Waals surface area contributed by atoms with Crippen LogP contribution in [0.1, 0.15) is 12.8 Å². The quantitative estimate of drug-likeness (QED) is 0.769. The van der Waals surface area contributed by atoms with Gasteiger partial charge in [0.15, 0.2) is 0 Å². The monoisotopic (exact) mass is 238 g/mol. The van der Waals surface area contributed by atoms with Gasteiger partial charge in [-0.05, 0) is 31.2 Å². The molecule has 4 nitrogen and oxygen atoms in total. The molecule has 84 valence electrons. The predicted octanol–water partition coefficient (Wildman–Crippen LogP) is 2.87. The van der Waals surface area contributed by atoms with Gasteiger partial charge in [0.25, 0.3) is 0 Å². The van der Waals surface area contributed by atoms with E-state index in [1.54, 1.807) is 0 Å². The SMILES string of the molecule is CCOc1ccc(-c2noc(CCl)n2)cc1. The van der Waals surface area contributed by atoms with Crippen LogP contribution < -0.4 is 4.74 Å². The number of rotatable bonds is 4. The van der Waals surface area contributed by atoms with Gasteiger partial charge in [-0.15, -0.1) is 11.6 Å². The van der Waals surface area contributed by atoms with Crippen LogP contribution in [0.25, 0.3) is 11.4 Å². The van der Waals surface area contributed by atoms with Gasteiger partial charge in [0.1, 0.15) is 11.6 Å². The van der Waals surface area contributed by atoms with E-state index in [1.165, 1.54) is 0 Å². The summed E-state index contributed by atoms with van der Waals surface area (Å²) in [4.78, 5) is 4.12. The number of hydrogen-bond acceptors (Lipinski definition) is 4. The summed E-state index contributed by atoms with van der Waals surface area (Å²) in [5.41, 5.74) is 0.878. The van der Waals surface area contributed by atoms with Gasteiger partial charge in [-0.2, -0.15) is 4.98 Å². The minimum absolute atomic E-state index is 0.226. The van der Waals surface area contributed by atoms with E-state index in [4.69, 9.17) is 20.9 Å². The number of aromatic nitrogens is 2. The summed E-state index contributed by atoms with van der Waals surface area (Å²) >= 11 is 5.58. The van der Waals surface area contributed by atoms with Crippen molar-refractivity contribution in [3.63, 3.8) is 0 Å². The van der Waals surface area contributed by atoms with Crippen LogP contribution in [0.2, 0.25) is 0 Å². The van der Waals surface area contributed by atoms with Crippen LogP contribution in [0.15, 0.2) is 28.8 Å². The molecule has 0 atom stereocenters. The second kappa shape index (κ2) is 4.99. The van der Waals surface area contributed by atoms with Crippen LogP contribution in [-0.2, 0) is 5.88 Å². The molecular formula is C11H11ClN2O2. The van der Waals surface area contributed by atoms with Crippen LogP contribution in [0, 0.1) is 0 Å². The Morgan fingerprint density at radius 1 is 1.31 bits per heavy atom. The van der Waals surface area contributed by atoms with Crippen molar-refractivity contribution in [3.8, 4) is 17.1 Å². The van der Waals surface area contributed by atoms with Gasteiger partial charge < -0.3 is 9.26 Å². The molecule has 0 aliphatic carbocycles. The minimum atomic E-state index is 0.226. The maximum atomic E-state index is 5.58. The van der Waals surface area contributed by atoms with Gasteiger partial charge in [0, 0.05) is 5.56 Å². The standard InChI is InChI=1S/C11H11ClN2O2/c1-2-15-9-5-3-8(4-6-9)11-13-10(7-12)16-14-11/h3-6H,2,7H2,1H3. The van der Waals surface area contributed by atoms with E-state index in [1.807, 2.05) is 31.2 Å². The van der Waals surface area contributed by atoms with E-state index in [-0.39, 0.29) is 5.88 Å². The van der Waals surface area contributed by atoms with Crippen molar-refractivity contribution >= 4 is 11.6 Å². The van der Waals surface area contributed by atoms with E-state index in [2.05, 4.69) is 10.1 Å². The van der Waals surface area contributed by atoms with Crippen LogP contribution >= 0.6 is 11.6 Å². The predicted molar refractivity (Wildman–Crippen MR) is 60.5 cm³/mol. The molecule has 2 rings (SSSR count). The number of halogens is 1. The zero-order chi connectivity index (χ0) is 11.4. The first kappa shape index (κ1) is 11.0. The molecular weight excluding hydrogens is 228 g/mol. The number of benzene rings is 1. The third-order valence-electron chi connectivity index (χ3n) is 2.01. The molecule has 5 heteroatoms. The van der Waals surface area contributed by atoms with Gasteiger partial charge in [-0.1, -0.05) is 5.16 Å². The van der Waals surface area contributed by atoms with Gasteiger partial charge in [-0.25, -0.2) is 0 Å². The number of alkyl halides is 1. The number of ether oxygens (including phenoxy) is 1. The zero-order valence-corrected chi connectivity index (χ0v) is 9.57. The van der Waals surface area contributed by atoms with Crippen molar-refractivity contribution in [1.29, 1.82) is 0 Å². The Bertz CT molecular complexity index is 453. The van der Waals surface area contributed by atoms with Gasteiger partial charge in [-0.3, -0.25) is 0 Å². The molecule has 2 aromatic rings. The van der Waals surface area contributed by atoms with Crippen LogP contribution in [0.5, 0.6) is 5.75 Å². The Morgan fingerprint density at radius 2 is 2.06 bits per heavy atom. The lowest BCUT2D eigenvalue weighted by Gasteiger charge is -2.02. The van der Waals surface area contributed by atoms with Crippen molar-refractivity contribution < 1.29 is 9.26 Å². The second-order valence-corrected chi connectivity index (χ2v) is 3.37. The first-order chi connectivity index (χ1) is 7.83. The van der Waals surface area contributed by atoms with Crippen LogP contribution in [0.3, 0.4) is 0 Å². The fourth-order valence-corrected chi connectivity index (χ4v) is 1.40. The van der Waals surface area contributed by atoms with E-state index < -0.39 is 0 Å². The molecule has 1 aromatic heterocycles. The highest BCUT2D eigenvalue weighted by Crippen LogP contribution is 2.20. The number of nitrogens with zero attached hydrogens (tertiary/aromatic N) is 2. The van der Waals surface area contributed by atoms with Gasteiger partial charge in [0.2, 0.25) is 11.7 Å². The fraction of sp³-hybridized carbons (Fsp3) is 0.273. The molecule has 0 aliphatic rings. The molecule has 0 saturated carbocycles. The highest BCUT2D eigenvalue weighted by Gasteiger charge is 2.07. The third-order valence-corrected chi connectivity index (χ3v) is 2.23. The Balaban J connectivity index is 2.20. The maximum Gasteiger partial charge on any atom is 0.241 e. The first-order valence-electron chi connectivity index (χ1n) is 4.95. The minimum Gasteiger partial charge on any atom is -0.494 e. The summed E-state index contributed by atoms with van der Waals surface area (Å²) in [5, 5.41) is 3.82. The Morgan fingerprint density at radius 3 is 2.62 bits per heavy atom. The van der Waals surface area contributed by atoms with Crippen molar-refractivity contribution in [1.82, 2.24) is 10.1 Å². The molecule has 16 heavy (non-hydrogen) atoms. The lowest BCUT2D eigenvalue weighted by molar-refractivity contribution is 0.340. The molecule has 0 aliphatic heterocycles. The maximum absolute atomic E-state index is 5.58. The third kappa shape index (κ3) is 2.33. The summed E-state index contributed by atoms with van der Waals surface area (Å²) in [6.07, 6.45) is 0. The van der Waals surface area contributed by atoms with Crippen molar-refractivity contribution in [2.45, 2.75) is 12.8 Å². The van der Waals surface area contributed by atoms with Crippen LogP contribution in [-0.4, -0.2) is 16.7 Å². The second-order valence-electron chi connectivity index (χ2n) is 3.10. The molecule has 0 spiro atoms. The van der Waals surface area contributed by atoms with Crippen molar-refractivity contribution in [2.75, 3.05) is 6.61 Å². The zero-order valence-electron chi connectivity index (χ0n) is 8.81. The molecule has 0 fully saturated rings. The smallest absolute Gasteiger partial charge is 0.241 e. The average molecular weight is 239 g/mol. The topological polar surface area (TPSA) is 48.2 Å². The first-order valence-corrected chi connectivity index (χ1v) is 5.48. The van der Waals surface area contributed by atoms with E-state index in [0.717, 1.165) is 11.3 Å². The lowest BCUT2D eigenvalue weighted by atomic mass is 10.2.